The van der Waals surface area contributed by atoms with Crippen molar-refractivity contribution in [2.24, 2.45) is 0 Å². The molecular formula is C9H6BrClF3NO2. The maximum absolute atomic E-state index is 11.7. The Morgan fingerprint density at radius 1 is 1.47 bits per heavy atom. The molecule has 0 heterocycles. The van der Waals surface area contributed by atoms with Gasteiger partial charge in [-0.05, 0) is 18.2 Å². The molecule has 0 atom stereocenters. The van der Waals surface area contributed by atoms with Crippen LogP contribution < -0.4 is 5.32 Å². The third-order valence-corrected chi connectivity index (χ3v) is 2.34. The molecule has 0 radical (unpaired) electrons. The Kier molecular flexibility index (Phi) is 4.64. The van der Waals surface area contributed by atoms with E-state index in [0.29, 0.717) is 4.47 Å². The minimum Gasteiger partial charge on any atom is -0.440 e. The van der Waals surface area contributed by atoms with Gasteiger partial charge in [0.15, 0.2) is 6.61 Å². The highest BCUT2D eigenvalue weighted by Gasteiger charge is 2.29. The molecule has 0 bridgehead atoms. The van der Waals surface area contributed by atoms with Crippen LogP contribution in [-0.4, -0.2) is 18.9 Å². The van der Waals surface area contributed by atoms with E-state index in [2.05, 4.69) is 26.0 Å². The van der Waals surface area contributed by atoms with Gasteiger partial charge < -0.3 is 4.74 Å². The number of nitrogens with one attached hydrogen (secondary N) is 1. The highest BCUT2D eigenvalue weighted by molar-refractivity contribution is 9.10. The van der Waals surface area contributed by atoms with Gasteiger partial charge in [-0.3, -0.25) is 5.32 Å². The molecule has 1 N–H and O–H groups in total. The van der Waals surface area contributed by atoms with Gasteiger partial charge in [0.25, 0.3) is 0 Å². The monoisotopic (exact) mass is 331 g/mol. The van der Waals surface area contributed by atoms with Crippen LogP contribution in [0, 0.1) is 0 Å². The summed E-state index contributed by atoms with van der Waals surface area (Å²) in [7, 11) is 0. The molecule has 0 aliphatic carbocycles. The maximum Gasteiger partial charge on any atom is 0.422 e. The van der Waals surface area contributed by atoms with Crippen LogP contribution in [-0.2, 0) is 4.74 Å². The largest absolute Gasteiger partial charge is 0.440 e. The molecule has 8 heteroatoms. The predicted molar refractivity (Wildman–Crippen MR) is 60.2 cm³/mol. The lowest BCUT2D eigenvalue weighted by Gasteiger charge is -2.10. The van der Waals surface area contributed by atoms with Crippen molar-refractivity contribution in [3.63, 3.8) is 0 Å². The number of alkyl halides is 3. The van der Waals surface area contributed by atoms with Crippen LogP contribution in [0.3, 0.4) is 0 Å². The van der Waals surface area contributed by atoms with E-state index < -0.39 is 18.9 Å². The summed E-state index contributed by atoms with van der Waals surface area (Å²) < 4.78 is 39.9. The summed E-state index contributed by atoms with van der Waals surface area (Å²) in [6.07, 6.45) is -5.77. The predicted octanol–water partition coefficient (Wildman–Crippen LogP) is 4.21. The molecule has 1 rings (SSSR count). The summed E-state index contributed by atoms with van der Waals surface area (Å²) in [4.78, 5) is 11.0. The molecule has 1 aromatic carbocycles. The molecule has 0 unspecified atom stereocenters. The van der Waals surface area contributed by atoms with Crippen LogP contribution in [0.5, 0.6) is 0 Å². The third kappa shape index (κ3) is 5.27. The SMILES string of the molecule is O=C(Nc1ccc(Br)cc1Cl)OCC(F)(F)F. The van der Waals surface area contributed by atoms with E-state index in [1.807, 2.05) is 0 Å². The second kappa shape index (κ2) is 5.59. The summed E-state index contributed by atoms with van der Waals surface area (Å²) in [5.41, 5.74) is 0.169. The van der Waals surface area contributed by atoms with Crippen molar-refractivity contribution >= 4 is 39.3 Å². The van der Waals surface area contributed by atoms with Crippen LogP contribution in [0.2, 0.25) is 5.02 Å². The number of hydrogen-bond acceptors (Lipinski definition) is 2. The van der Waals surface area contributed by atoms with E-state index in [0.717, 1.165) is 0 Å². The van der Waals surface area contributed by atoms with E-state index in [-0.39, 0.29) is 10.7 Å². The highest BCUT2D eigenvalue weighted by Crippen LogP contribution is 2.25. The van der Waals surface area contributed by atoms with Crippen molar-refractivity contribution in [3.05, 3.63) is 27.7 Å². The first-order valence-electron chi connectivity index (χ1n) is 4.23. The zero-order valence-electron chi connectivity index (χ0n) is 8.15. The van der Waals surface area contributed by atoms with Crippen LogP contribution in [0.25, 0.3) is 0 Å². The van der Waals surface area contributed by atoms with Crippen molar-refractivity contribution in [2.45, 2.75) is 6.18 Å². The molecule has 0 saturated carbocycles. The second-order valence-corrected chi connectivity index (χ2v) is 4.26. The summed E-state index contributed by atoms with van der Waals surface area (Å²) in [6, 6.07) is 4.49. The van der Waals surface area contributed by atoms with E-state index in [1.54, 1.807) is 6.07 Å². The Labute approximate surface area is 108 Å². The van der Waals surface area contributed by atoms with E-state index in [1.165, 1.54) is 12.1 Å². The van der Waals surface area contributed by atoms with Gasteiger partial charge in [0.05, 0.1) is 10.7 Å². The number of rotatable bonds is 2. The number of carbonyl (C=O) groups excluding carboxylic acids is 1. The van der Waals surface area contributed by atoms with Crippen molar-refractivity contribution in [2.75, 3.05) is 11.9 Å². The van der Waals surface area contributed by atoms with Crippen molar-refractivity contribution < 1.29 is 22.7 Å². The molecule has 0 aliphatic rings. The van der Waals surface area contributed by atoms with Crippen molar-refractivity contribution in [3.8, 4) is 0 Å². The quantitative estimate of drug-likeness (QED) is 0.881. The summed E-state index contributed by atoms with van der Waals surface area (Å²) in [5.74, 6) is 0. The van der Waals surface area contributed by atoms with Crippen molar-refractivity contribution in [1.29, 1.82) is 0 Å². The van der Waals surface area contributed by atoms with E-state index >= 15 is 0 Å². The summed E-state index contributed by atoms with van der Waals surface area (Å²) in [6.45, 7) is -1.65. The number of amides is 1. The number of carbonyl (C=O) groups is 1. The van der Waals surface area contributed by atoms with Gasteiger partial charge in [0.2, 0.25) is 0 Å². The molecule has 1 amide bonds. The first kappa shape index (κ1) is 14.1. The number of anilines is 1. The highest BCUT2D eigenvalue weighted by atomic mass is 79.9. The number of ether oxygens (including phenoxy) is 1. The topological polar surface area (TPSA) is 38.3 Å². The smallest absolute Gasteiger partial charge is 0.422 e. The van der Waals surface area contributed by atoms with Gasteiger partial charge >= 0.3 is 12.3 Å². The number of benzene rings is 1. The molecule has 0 saturated heterocycles. The lowest BCUT2D eigenvalue weighted by Crippen LogP contribution is -2.23. The zero-order valence-corrected chi connectivity index (χ0v) is 10.5. The van der Waals surface area contributed by atoms with Crippen molar-refractivity contribution in [1.82, 2.24) is 0 Å². The fourth-order valence-corrected chi connectivity index (χ4v) is 1.60. The van der Waals surface area contributed by atoms with Gasteiger partial charge in [-0.1, -0.05) is 27.5 Å². The third-order valence-electron chi connectivity index (χ3n) is 1.53. The van der Waals surface area contributed by atoms with Crippen LogP contribution in [0.1, 0.15) is 0 Å². The Morgan fingerprint density at radius 2 is 2.12 bits per heavy atom. The molecule has 17 heavy (non-hydrogen) atoms. The molecule has 0 aromatic heterocycles. The second-order valence-electron chi connectivity index (χ2n) is 2.94. The zero-order chi connectivity index (χ0) is 13.1. The fraction of sp³-hybridized carbons (Fsp3) is 0.222. The van der Waals surface area contributed by atoms with E-state index in [4.69, 9.17) is 11.6 Å². The van der Waals surface area contributed by atoms with Gasteiger partial charge in [-0.2, -0.15) is 13.2 Å². The average molecular weight is 333 g/mol. The molecule has 0 aliphatic heterocycles. The van der Waals surface area contributed by atoms with Gasteiger partial charge in [-0.15, -0.1) is 0 Å². The van der Waals surface area contributed by atoms with Crippen LogP contribution >= 0.6 is 27.5 Å². The summed E-state index contributed by atoms with van der Waals surface area (Å²) in [5, 5.41) is 2.28. The van der Waals surface area contributed by atoms with Gasteiger partial charge in [0, 0.05) is 4.47 Å². The van der Waals surface area contributed by atoms with Gasteiger partial charge in [0.1, 0.15) is 0 Å². The summed E-state index contributed by atoms with van der Waals surface area (Å²) >= 11 is 8.88. The lowest BCUT2D eigenvalue weighted by molar-refractivity contribution is -0.159. The Bertz CT molecular complexity index is 425. The Morgan fingerprint density at radius 3 is 2.65 bits per heavy atom. The molecule has 94 valence electrons. The molecule has 3 nitrogen and oxygen atoms in total. The number of halogens is 5. The van der Waals surface area contributed by atoms with Crippen LogP contribution in [0.15, 0.2) is 22.7 Å². The lowest BCUT2D eigenvalue weighted by atomic mass is 10.3. The standard InChI is InChI=1S/C9H6BrClF3NO2/c10-5-1-2-7(6(11)3-5)15-8(16)17-4-9(12,13)14/h1-3H,4H2,(H,15,16). The first-order valence-corrected chi connectivity index (χ1v) is 5.40. The Balaban J connectivity index is 2.57. The molecule has 1 aromatic rings. The molecular weight excluding hydrogens is 326 g/mol. The molecule has 0 fully saturated rings. The van der Waals surface area contributed by atoms with Crippen LogP contribution in [0.4, 0.5) is 23.7 Å². The normalized spacial score (nSPS) is 11.1. The first-order chi connectivity index (χ1) is 7.78. The average Bonchev–Trinajstić information content (AvgIpc) is 2.18. The Hall–Kier alpha value is -0.950. The van der Waals surface area contributed by atoms with E-state index in [9.17, 15) is 18.0 Å². The maximum atomic E-state index is 11.7. The minimum absolute atomic E-state index is 0.169. The molecule has 0 spiro atoms. The minimum atomic E-state index is -4.55. The fourth-order valence-electron chi connectivity index (χ4n) is 0.884. The van der Waals surface area contributed by atoms with Gasteiger partial charge in [-0.25, -0.2) is 4.79 Å². The number of hydrogen-bond donors (Lipinski definition) is 1.